The molecule has 132 valence electrons. The number of methoxy groups -OCH3 is 1. The number of aromatic nitrogens is 1. The smallest absolute Gasteiger partial charge is 0.259 e. The van der Waals surface area contributed by atoms with Gasteiger partial charge >= 0.3 is 0 Å². The predicted octanol–water partition coefficient (Wildman–Crippen LogP) is 4.00. The molecule has 1 aromatic heterocycles. The standard InChI is InChI=1S/C21H21N3O2/c1-26-19-10-6-5-9-18(19)21(25)24-17-11-12-20(23-15-17)22-14-13-16-7-3-2-4-8-16/h2-12,15H,13-14H2,1H3,(H,22,23)(H,24,25). The maximum Gasteiger partial charge on any atom is 0.259 e. The van der Waals surface area contributed by atoms with Crippen molar-refractivity contribution in [1.82, 2.24) is 4.98 Å². The lowest BCUT2D eigenvalue weighted by Crippen LogP contribution is -2.13. The Morgan fingerprint density at radius 1 is 1.00 bits per heavy atom. The molecule has 5 nitrogen and oxygen atoms in total. The molecule has 0 atom stereocenters. The lowest BCUT2D eigenvalue weighted by Gasteiger charge is -2.10. The molecule has 3 rings (SSSR count). The molecule has 26 heavy (non-hydrogen) atoms. The third-order valence-corrected chi connectivity index (χ3v) is 3.94. The highest BCUT2D eigenvalue weighted by atomic mass is 16.5. The zero-order valence-corrected chi connectivity index (χ0v) is 14.6. The molecule has 0 radical (unpaired) electrons. The Bertz CT molecular complexity index is 849. The van der Waals surface area contributed by atoms with Crippen molar-refractivity contribution in [1.29, 1.82) is 0 Å². The number of nitrogens with zero attached hydrogens (tertiary/aromatic N) is 1. The highest BCUT2D eigenvalue weighted by molar-refractivity contribution is 6.06. The van der Waals surface area contributed by atoms with Crippen LogP contribution in [-0.4, -0.2) is 24.5 Å². The minimum absolute atomic E-state index is 0.228. The van der Waals surface area contributed by atoms with E-state index in [0.29, 0.717) is 17.0 Å². The molecule has 0 aliphatic heterocycles. The van der Waals surface area contributed by atoms with Gasteiger partial charge in [-0.25, -0.2) is 4.98 Å². The van der Waals surface area contributed by atoms with Crippen LogP contribution in [0.4, 0.5) is 11.5 Å². The van der Waals surface area contributed by atoms with E-state index in [9.17, 15) is 4.79 Å². The first-order chi connectivity index (χ1) is 12.8. The number of para-hydroxylation sites is 1. The molecule has 0 spiro atoms. The number of hydrogen-bond donors (Lipinski definition) is 2. The Morgan fingerprint density at radius 3 is 2.50 bits per heavy atom. The van der Waals surface area contributed by atoms with Gasteiger partial charge in [0.05, 0.1) is 24.6 Å². The maximum atomic E-state index is 12.4. The van der Waals surface area contributed by atoms with Crippen molar-refractivity contribution in [2.75, 3.05) is 24.3 Å². The average Bonchev–Trinajstić information content (AvgIpc) is 2.70. The summed E-state index contributed by atoms with van der Waals surface area (Å²) in [6.45, 7) is 0.796. The molecule has 0 saturated carbocycles. The molecule has 0 bridgehead atoms. The summed E-state index contributed by atoms with van der Waals surface area (Å²) in [5.41, 5.74) is 2.40. The van der Waals surface area contributed by atoms with Gasteiger partial charge in [0, 0.05) is 6.54 Å². The first kappa shape index (κ1) is 17.5. The summed E-state index contributed by atoms with van der Waals surface area (Å²) in [5, 5.41) is 6.11. The number of rotatable bonds is 7. The first-order valence-corrected chi connectivity index (χ1v) is 8.44. The summed E-state index contributed by atoms with van der Waals surface area (Å²) in [7, 11) is 1.55. The normalized spacial score (nSPS) is 10.2. The van der Waals surface area contributed by atoms with Crippen molar-refractivity contribution in [3.8, 4) is 5.75 Å². The van der Waals surface area contributed by atoms with Crippen LogP contribution in [0.5, 0.6) is 5.75 Å². The largest absolute Gasteiger partial charge is 0.496 e. The molecule has 0 saturated heterocycles. The van der Waals surface area contributed by atoms with Gasteiger partial charge in [-0.05, 0) is 36.2 Å². The topological polar surface area (TPSA) is 63.2 Å². The van der Waals surface area contributed by atoms with Crippen molar-refractivity contribution < 1.29 is 9.53 Å². The summed E-state index contributed by atoms with van der Waals surface area (Å²) in [5.74, 6) is 1.09. The van der Waals surface area contributed by atoms with Gasteiger partial charge in [0.15, 0.2) is 0 Å². The lowest BCUT2D eigenvalue weighted by molar-refractivity contribution is 0.102. The molecule has 2 aromatic carbocycles. The van der Waals surface area contributed by atoms with Crippen LogP contribution < -0.4 is 15.4 Å². The average molecular weight is 347 g/mol. The number of hydrogen-bond acceptors (Lipinski definition) is 4. The third-order valence-electron chi connectivity index (χ3n) is 3.94. The molecule has 0 aliphatic carbocycles. The molecule has 3 aromatic rings. The quantitative estimate of drug-likeness (QED) is 0.678. The second-order valence-electron chi connectivity index (χ2n) is 5.75. The Morgan fingerprint density at radius 2 is 1.77 bits per heavy atom. The van der Waals surface area contributed by atoms with Gasteiger partial charge in [-0.1, -0.05) is 42.5 Å². The van der Waals surface area contributed by atoms with Gasteiger partial charge in [0.25, 0.3) is 5.91 Å². The summed E-state index contributed by atoms with van der Waals surface area (Å²) in [6, 6.07) is 21.1. The predicted molar refractivity (Wildman–Crippen MR) is 104 cm³/mol. The molecular weight excluding hydrogens is 326 g/mol. The minimum Gasteiger partial charge on any atom is -0.496 e. The lowest BCUT2D eigenvalue weighted by atomic mass is 10.1. The summed E-state index contributed by atoms with van der Waals surface area (Å²) in [6.07, 6.45) is 2.56. The van der Waals surface area contributed by atoms with Crippen molar-refractivity contribution in [2.24, 2.45) is 0 Å². The number of amides is 1. The molecule has 1 amide bonds. The highest BCUT2D eigenvalue weighted by Crippen LogP contribution is 2.19. The third kappa shape index (κ3) is 4.60. The molecular formula is C21H21N3O2. The Labute approximate surface area is 153 Å². The summed E-state index contributed by atoms with van der Waals surface area (Å²) in [4.78, 5) is 16.7. The maximum absolute atomic E-state index is 12.4. The van der Waals surface area contributed by atoms with Gasteiger partial charge in [0.2, 0.25) is 0 Å². The van der Waals surface area contributed by atoms with E-state index in [-0.39, 0.29) is 5.91 Å². The molecule has 2 N–H and O–H groups in total. The minimum atomic E-state index is -0.228. The number of nitrogens with one attached hydrogen (secondary N) is 2. The van der Waals surface area contributed by atoms with Gasteiger partial charge in [0.1, 0.15) is 11.6 Å². The Hall–Kier alpha value is -3.34. The van der Waals surface area contributed by atoms with Gasteiger partial charge in [-0.15, -0.1) is 0 Å². The van der Waals surface area contributed by atoms with Crippen molar-refractivity contribution >= 4 is 17.4 Å². The number of carbonyl (C=O) groups is 1. The monoisotopic (exact) mass is 347 g/mol. The van der Waals surface area contributed by atoms with E-state index < -0.39 is 0 Å². The number of carbonyl (C=O) groups excluding carboxylic acids is 1. The van der Waals surface area contributed by atoms with E-state index in [2.05, 4.69) is 27.8 Å². The molecule has 0 aliphatic rings. The fourth-order valence-corrected chi connectivity index (χ4v) is 2.58. The zero-order valence-electron chi connectivity index (χ0n) is 14.6. The van der Waals surface area contributed by atoms with E-state index in [1.165, 1.54) is 5.56 Å². The van der Waals surface area contributed by atoms with Crippen molar-refractivity contribution in [2.45, 2.75) is 6.42 Å². The van der Waals surface area contributed by atoms with E-state index >= 15 is 0 Å². The molecule has 0 fully saturated rings. The second kappa shape index (κ2) is 8.67. The number of anilines is 2. The van der Waals surface area contributed by atoms with Crippen LogP contribution in [0.15, 0.2) is 72.9 Å². The van der Waals surface area contributed by atoms with E-state index in [1.807, 2.05) is 36.4 Å². The van der Waals surface area contributed by atoms with Crippen LogP contribution in [0.3, 0.4) is 0 Å². The highest BCUT2D eigenvalue weighted by Gasteiger charge is 2.11. The molecule has 5 heteroatoms. The number of ether oxygens (including phenoxy) is 1. The van der Waals surface area contributed by atoms with Crippen LogP contribution in [0.2, 0.25) is 0 Å². The van der Waals surface area contributed by atoms with Crippen LogP contribution >= 0.6 is 0 Å². The van der Waals surface area contributed by atoms with Crippen molar-refractivity contribution in [3.05, 3.63) is 84.1 Å². The second-order valence-corrected chi connectivity index (χ2v) is 5.75. The summed E-state index contributed by atoms with van der Waals surface area (Å²) < 4.78 is 5.22. The Kier molecular flexibility index (Phi) is 5.83. The van der Waals surface area contributed by atoms with E-state index in [1.54, 1.807) is 31.5 Å². The Balaban J connectivity index is 1.55. The molecule has 1 heterocycles. The fourth-order valence-electron chi connectivity index (χ4n) is 2.58. The number of pyridine rings is 1. The van der Waals surface area contributed by atoms with Gasteiger partial charge in [-0.2, -0.15) is 0 Å². The van der Waals surface area contributed by atoms with Gasteiger partial charge in [-0.3, -0.25) is 4.79 Å². The van der Waals surface area contributed by atoms with E-state index in [4.69, 9.17) is 4.74 Å². The van der Waals surface area contributed by atoms with Crippen LogP contribution in [0, 0.1) is 0 Å². The zero-order chi connectivity index (χ0) is 18.2. The number of benzene rings is 2. The first-order valence-electron chi connectivity index (χ1n) is 8.44. The van der Waals surface area contributed by atoms with Crippen LogP contribution in [0.25, 0.3) is 0 Å². The summed E-state index contributed by atoms with van der Waals surface area (Å²) >= 11 is 0. The molecule has 0 unspecified atom stereocenters. The van der Waals surface area contributed by atoms with Crippen molar-refractivity contribution in [3.63, 3.8) is 0 Å². The van der Waals surface area contributed by atoms with Crippen LogP contribution in [0.1, 0.15) is 15.9 Å². The fraction of sp³-hybridized carbons (Fsp3) is 0.143. The van der Waals surface area contributed by atoms with Crippen LogP contribution in [-0.2, 0) is 6.42 Å². The SMILES string of the molecule is COc1ccccc1C(=O)Nc1ccc(NCCc2ccccc2)nc1. The van der Waals surface area contributed by atoms with E-state index in [0.717, 1.165) is 18.8 Å². The van der Waals surface area contributed by atoms with Gasteiger partial charge < -0.3 is 15.4 Å².